The first kappa shape index (κ1) is 13.1. The van der Waals surface area contributed by atoms with E-state index < -0.39 is 6.04 Å². The van der Waals surface area contributed by atoms with Gasteiger partial charge in [0.25, 0.3) is 5.56 Å². The maximum absolute atomic E-state index is 12.9. The molecule has 22 heavy (non-hydrogen) atoms. The number of carbonyl (C=O) groups excluding carboxylic acids is 1. The molecule has 1 N–H and O–H groups in total. The maximum atomic E-state index is 12.9. The van der Waals surface area contributed by atoms with E-state index in [1.165, 1.54) is 0 Å². The zero-order chi connectivity index (χ0) is 15.3. The molecule has 1 fully saturated rings. The molecule has 1 atom stereocenters. The number of likely N-dealkylation sites (N-methyl/N-ethyl adjacent to an activating group) is 1. The van der Waals surface area contributed by atoms with E-state index in [0.717, 1.165) is 23.9 Å². The molecule has 0 radical (unpaired) electrons. The summed E-state index contributed by atoms with van der Waals surface area (Å²) in [6.45, 7) is 0. The fraction of sp³-hybridized carbons (Fsp3) is 0.312. The number of hydrogen-bond acceptors (Lipinski definition) is 3. The number of nitrogens with one attached hydrogen (secondary N) is 1. The van der Waals surface area contributed by atoms with Crippen molar-refractivity contribution in [2.24, 2.45) is 5.92 Å². The second kappa shape index (κ2) is 4.69. The van der Waals surface area contributed by atoms with E-state index in [-0.39, 0.29) is 17.4 Å². The summed E-state index contributed by atoms with van der Waals surface area (Å²) in [6, 6.07) is 8.81. The predicted octanol–water partition coefficient (Wildman–Crippen LogP) is 1.35. The number of benzene rings is 1. The molecule has 3 aromatic rings. The normalized spacial score (nSPS) is 16.0. The molecule has 6 heteroatoms. The molecular weight excluding hydrogens is 280 g/mol. The molecule has 6 nitrogen and oxygen atoms in total. The predicted molar refractivity (Wildman–Crippen MR) is 82.8 cm³/mol. The van der Waals surface area contributed by atoms with Crippen molar-refractivity contribution in [2.75, 3.05) is 7.05 Å². The summed E-state index contributed by atoms with van der Waals surface area (Å²) >= 11 is 0. The average molecular weight is 296 g/mol. The second-order valence-electron chi connectivity index (χ2n) is 5.69. The number of carbonyl (C=O) groups is 1. The highest BCUT2D eigenvalue weighted by Gasteiger charge is 2.38. The lowest BCUT2D eigenvalue weighted by Crippen LogP contribution is -2.37. The van der Waals surface area contributed by atoms with Gasteiger partial charge in [-0.25, -0.2) is 4.52 Å². The molecule has 1 amide bonds. The molecule has 0 bridgehead atoms. The van der Waals surface area contributed by atoms with Gasteiger partial charge in [-0.2, -0.15) is 5.10 Å². The molecule has 1 unspecified atom stereocenters. The monoisotopic (exact) mass is 296 g/mol. The van der Waals surface area contributed by atoms with Gasteiger partial charge in [0.2, 0.25) is 5.91 Å². The highest BCUT2D eigenvalue weighted by atomic mass is 16.2. The van der Waals surface area contributed by atoms with Crippen molar-refractivity contribution in [1.82, 2.24) is 19.5 Å². The van der Waals surface area contributed by atoms with Gasteiger partial charge in [-0.05, 0) is 37.0 Å². The van der Waals surface area contributed by atoms with E-state index in [9.17, 15) is 9.59 Å². The van der Waals surface area contributed by atoms with Crippen LogP contribution < -0.4 is 10.9 Å². The molecule has 0 spiro atoms. The van der Waals surface area contributed by atoms with Crippen LogP contribution in [0.4, 0.5) is 0 Å². The molecule has 1 aromatic carbocycles. The molecule has 2 heterocycles. The van der Waals surface area contributed by atoms with Crippen LogP contribution in [0.1, 0.15) is 18.9 Å². The van der Waals surface area contributed by atoms with Crippen LogP contribution in [-0.4, -0.2) is 27.1 Å². The van der Waals surface area contributed by atoms with Crippen molar-refractivity contribution in [3.05, 3.63) is 46.9 Å². The lowest BCUT2D eigenvalue weighted by Gasteiger charge is -2.20. The van der Waals surface area contributed by atoms with Crippen molar-refractivity contribution in [2.45, 2.75) is 18.9 Å². The first-order valence-corrected chi connectivity index (χ1v) is 7.41. The van der Waals surface area contributed by atoms with Crippen molar-refractivity contribution in [1.29, 1.82) is 0 Å². The van der Waals surface area contributed by atoms with Crippen LogP contribution in [0.2, 0.25) is 0 Å². The van der Waals surface area contributed by atoms with Gasteiger partial charge < -0.3 is 5.32 Å². The zero-order valence-corrected chi connectivity index (χ0v) is 12.2. The topological polar surface area (TPSA) is 68.4 Å². The van der Waals surface area contributed by atoms with Crippen LogP contribution in [0.5, 0.6) is 0 Å². The Morgan fingerprint density at radius 3 is 2.64 bits per heavy atom. The Morgan fingerprint density at radius 2 is 1.95 bits per heavy atom. The molecule has 0 aliphatic heterocycles. The van der Waals surface area contributed by atoms with E-state index in [2.05, 4.69) is 10.4 Å². The van der Waals surface area contributed by atoms with Gasteiger partial charge >= 0.3 is 0 Å². The Labute approximate surface area is 126 Å². The number of nitrogens with zero attached hydrogens (tertiary/aromatic N) is 3. The SMILES string of the molecule is CNC(=O)C(C1CC1)n1c(=O)c2ccnn2c2ccccc21. The van der Waals surface area contributed by atoms with Crippen molar-refractivity contribution < 1.29 is 4.79 Å². The van der Waals surface area contributed by atoms with E-state index >= 15 is 0 Å². The minimum absolute atomic E-state index is 0.112. The largest absolute Gasteiger partial charge is 0.357 e. The van der Waals surface area contributed by atoms with Gasteiger partial charge in [0.15, 0.2) is 0 Å². The molecule has 1 aliphatic carbocycles. The van der Waals surface area contributed by atoms with Gasteiger partial charge in [0.05, 0.1) is 17.2 Å². The molecule has 2 aromatic heterocycles. The van der Waals surface area contributed by atoms with Crippen molar-refractivity contribution in [3.63, 3.8) is 0 Å². The molecule has 112 valence electrons. The van der Waals surface area contributed by atoms with E-state index in [4.69, 9.17) is 0 Å². The lowest BCUT2D eigenvalue weighted by molar-refractivity contribution is -0.124. The highest BCUT2D eigenvalue weighted by molar-refractivity contribution is 5.85. The van der Waals surface area contributed by atoms with Crippen LogP contribution in [0.15, 0.2) is 41.3 Å². The maximum Gasteiger partial charge on any atom is 0.277 e. The van der Waals surface area contributed by atoms with Gasteiger partial charge in [0.1, 0.15) is 11.6 Å². The summed E-state index contributed by atoms with van der Waals surface area (Å²) in [7, 11) is 1.61. The number of fused-ring (bicyclic) bond motifs is 3. The first-order chi connectivity index (χ1) is 10.7. The minimum atomic E-state index is -0.456. The van der Waals surface area contributed by atoms with Crippen LogP contribution in [0.25, 0.3) is 16.6 Å². The summed E-state index contributed by atoms with van der Waals surface area (Å²) in [5, 5.41) is 6.93. The van der Waals surface area contributed by atoms with E-state index in [1.807, 2.05) is 24.3 Å². The van der Waals surface area contributed by atoms with Crippen molar-refractivity contribution in [3.8, 4) is 0 Å². The van der Waals surface area contributed by atoms with E-state index in [0.29, 0.717) is 5.52 Å². The molecule has 4 rings (SSSR count). The number of hydrogen-bond donors (Lipinski definition) is 1. The summed E-state index contributed by atoms with van der Waals surface area (Å²) in [5.41, 5.74) is 1.89. The fourth-order valence-electron chi connectivity index (χ4n) is 3.12. The number of rotatable bonds is 3. The molecule has 1 aliphatic rings. The Kier molecular flexibility index (Phi) is 2.79. The fourth-order valence-corrected chi connectivity index (χ4v) is 3.12. The Bertz CT molecular complexity index is 936. The summed E-state index contributed by atoms with van der Waals surface area (Å²) < 4.78 is 3.28. The minimum Gasteiger partial charge on any atom is -0.357 e. The number of para-hydroxylation sites is 2. The highest BCUT2D eigenvalue weighted by Crippen LogP contribution is 2.40. The van der Waals surface area contributed by atoms with Crippen molar-refractivity contribution >= 4 is 22.5 Å². The zero-order valence-electron chi connectivity index (χ0n) is 12.2. The third kappa shape index (κ3) is 1.76. The van der Waals surface area contributed by atoms with Crippen LogP contribution in [0.3, 0.4) is 0 Å². The smallest absolute Gasteiger partial charge is 0.277 e. The van der Waals surface area contributed by atoms with Gasteiger partial charge in [-0.1, -0.05) is 12.1 Å². The molecule has 1 saturated carbocycles. The first-order valence-electron chi connectivity index (χ1n) is 7.41. The Hall–Kier alpha value is -2.63. The van der Waals surface area contributed by atoms with E-state index in [1.54, 1.807) is 28.4 Å². The Morgan fingerprint density at radius 1 is 1.23 bits per heavy atom. The third-order valence-corrected chi connectivity index (χ3v) is 4.31. The van der Waals surface area contributed by atoms with Crippen LogP contribution >= 0.6 is 0 Å². The summed E-state index contributed by atoms with van der Waals surface area (Å²) in [4.78, 5) is 25.3. The standard InChI is InChI=1S/C16H16N4O2/c1-17-15(21)14(10-6-7-10)19-11-4-2-3-5-12(11)20-13(16(19)22)8-9-18-20/h2-5,8-10,14H,6-7H2,1H3,(H,17,21). The summed E-state index contributed by atoms with van der Waals surface area (Å²) in [6.07, 6.45) is 3.56. The number of aromatic nitrogens is 3. The summed E-state index contributed by atoms with van der Waals surface area (Å²) in [5.74, 6) is 0.116. The second-order valence-corrected chi connectivity index (χ2v) is 5.69. The number of amides is 1. The van der Waals surface area contributed by atoms with Crippen LogP contribution in [0, 0.1) is 5.92 Å². The average Bonchev–Trinajstić information content (AvgIpc) is 3.25. The van der Waals surface area contributed by atoms with Gasteiger partial charge in [-0.15, -0.1) is 0 Å². The lowest BCUT2D eigenvalue weighted by atomic mass is 10.1. The molecular formula is C16H16N4O2. The van der Waals surface area contributed by atoms with Gasteiger partial charge in [0, 0.05) is 7.05 Å². The quantitative estimate of drug-likeness (QED) is 0.793. The van der Waals surface area contributed by atoms with Gasteiger partial charge in [-0.3, -0.25) is 14.2 Å². The molecule has 0 saturated heterocycles. The Balaban J connectivity index is 2.12. The third-order valence-electron chi connectivity index (χ3n) is 4.31. The van der Waals surface area contributed by atoms with Crippen LogP contribution in [-0.2, 0) is 4.79 Å².